The quantitative estimate of drug-likeness (QED) is 0.379. The fourth-order valence-electron chi connectivity index (χ4n) is 3.48. The van der Waals surface area contributed by atoms with Crippen molar-refractivity contribution in [3.8, 4) is 0 Å². The van der Waals surface area contributed by atoms with E-state index >= 15 is 0 Å². The van der Waals surface area contributed by atoms with Gasteiger partial charge in [0.1, 0.15) is 6.10 Å². The number of nitrogens with one attached hydrogen (secondary N) is 1. The SMILES string of the molecule is CCOCc1ccc(CNC(=NC)N2CCOC(C3CCCO3)C2)cc1.I. The van der Waals surface area contributed by atoms with Crippen LogP contribution in [0.15, 0.2) is 29.3 Å². The third kappa shape index (κ3) is 6.58. The number of nitrogens with zero attached hydrogens (tertiary/aromatic N) is 2. The molecule has 0 aliphatic carbocycles. The summed E-state index contributed by atoms with van der Waals surface area (Å²) in [5.41, 5.74) is 2.43. The van der Waals surface area contributed by atoms with Gasteiger partial charge >= 0.3 is 0 Å². The molecular weight excluding hydrogens is 457 g/mol. The van der Waals surface area contributed by atoms with Gasteiger partial charge in [0.25, 0.3) is 0 Å². The van der Waals surface area contributed by atoms with Crippen molar-refractivity contribution >= 4 is 29.9 Å². The summed E-state index contributed by atoms with van der Waals surface area (Å²) in [6.45, 7) is 7.45. The second kappa shape index (κ2) is 11.8. The van der Waals surface area contributed by atoms with Crippen molar-refractivity contribution in [1.82, 2.24) is 10.2 Å². The summed E-state index contributed by atoms with van der Waals surface area (Å²) in [5.74, 6) is 0.926. The predicted octanol–water partition coefficient (Wildman–Crippen LogP) is 2.80. The highest BCUT2D eigenvalue weighted by molar-refractivity contribution is 14.0. The number of hydrogen-bond acceptors (Lipinski definition) is 4. The first-order chi connectivity index (χ1) is 12.8. The van der Waals surface area contributed by atoms with Crippen molar-refractivity contribution in [3.05, 3.63) is 35.4 Å². The van der Waals surface area contributed by atoms with Gasteiger partial charge in [0, 0.05) is 39.9 Å². The van der Waals surface area contributed by atoms with Crippen molar-refractivity contribution in [2.24, 2.45) is 4.99 Å². The lowest BCUT2D eigenvalue weighted by Crippen LogP contribution is -2.53. The average molecular weight is 489 g/mol. The van der Waals surface area contributed by atoms with E-state index in [1.807, 2.05) is 14.0 Å². The van der Waals surface area contributed by atoms with Crippen LogP contribution in [0.4, 0.5) is 0 Å². The molecule has 6 nitrogen and oxygen atoms in total. The Labute approximate surface area is 179 Å². The average Bonchev–Trinajstić information content (AvgIpc) is 3.23. The van der Waals surface area contributed by atoms with Crippen LogP contribution in [0.1, 0.15) is 30.9 Å². The fraction of sp³-hybridized carbons (Fsp3) is 0.650. The largest absolute Gasteiger partial charge is 0.377 e. The van der Waals surface area contributed by atoms with Crippen molar-refractivity contribution in [1.29, 1.82) is 0 Å². The molecule has 2 heterocycles. The molecule has 2 atom stereocenters. The standard InChI is InChI=1S/C20H31N3O3.HI/c1-3-24-15-17-8-6-16(7-9-17)13-22-20(21-2)23-10-12-26-19(14-23)18-5-4-11-25-18;/h6-9,18-19H,3-5,10-15H2,1-2H3,(H,21,22);1H. The molecule has 0 radical (unpaired) electrons. The maximum atomic E-state index is 5.93. The molecule has 0 amide bonds. The zero-order valence-electron chi connectivity index (χ0n) is 16.4. The number of hydrogen-bond donors (Lipinski definition) is 1. The molecule has 1 aromatic rings. The molecule has 2 aliphatic rings. The molecule has 2 fully saturated rings. The summed E-state index contributed by atoms with van der Waals surface area (Å²) < 4.78 is 17.2. The smallest absolute Gasteiger partial charge is 0.194 e. The Morgan fingerprint density at radius 1 is 1.19 bits per heavy atom. The van der Waals surface area contributed by atoms with Crippen LogP contribution in [-0.4, -0.2) is 63.0 Å². The number of morpholine rings is 1. The molecule has 2 unspecified atom stereocenters. The van der Waals surface area contributed by atoms with E-state index in [0.29, 0.717) is 6.61 Å². The van der Waals surface area contributed by atoms with Gasteiger partial charge in [0.2, 0.25) is 0 Å². The van der Waals surface area contributed by atoms with Gasteiger partial charge < -0.3 is 24.4 Å². The summed E-state index contributed by atoms with van der Waals surface area (Å²) in [6, 6.07) is 8.53. The van der Waals surface area contributed by atoms with E-state index in [9.17, 15) is 0 Å². The molecule has 0 spiro atoms. The van der Waals surface area contributed by atoms with Crippen LogP contribution in [0, 0.1) is 0 Å². The van der Waals surface area contributed by atoms with Crippen molar-refractivity contribution in [2.75, 3.05) is 40.0 Å². The minimum atomic E-state index is 0. The van der Waals surface area contributed by atoms with Gasteiger partial charge in [-0.3, -0.25) is 4.99 Å². The number of aliphatic imine (C=N–C) groups is 1. The highest BCUT2D eigenvalue weighted by Crippen LogP contribution is 2.21. The molecule has 2 saturated heterocycles. The Morgan fingerprint density at radius 2 is 1.93 bits per heavy atom. The summed E-state index contributed by atoms with van der Waals surface area (Å²) in [7, 11) is 1.84. The van der Waals surface area contributed by atoms with Crippen LogP contribution in [0.25, 0.3) is 0 Å². The Kier molecular flexibility index (Phi) is 9.81. The van der Waals surface area contributed by atoms with Gasteiger partial charge in [-0.2, -0.15) is 0 Å². The van der Waals surface area contributed by atoms with Gasteiger partial charge in [-0.25, -0.2) is 0 Å². The van der Waals surface area contributed by atoms with Gasteiger partial charge in [-0.1, -0.05) is 24.3 Å². The first-order valence-electron chi connectivity index (χ1n) is 9.64. The van der Waals surface area contributed by atoms with E-state index in [1.165, 1.54) is 11.1 Å². The lowest BCUT2D eigenvalue weighted by Gasteiger charge is -2.37. The van der Waals surface area contributed by atoms with Crippen LogP contribution in [0.2, 0.25) is 0 Å². The van der Waals surface area contributed by atoms with Crippen LogP contribution in [0.3, 0.4) is 0 Å². The highest BCUT2D eigenvalue weighted by Gasteiger charge is 2.32. The third-order valence-electron chi connectivity index (χ3n) is 4.93. The number of guanidine groups is 1. The Hall–Kier alpha value is -0.900. The van der Waals surface area contributed by atoms with E-state index in [4.69, 9.17) is 14.2 Å². The van der Waals surface area contributed by atoms with E-state index in [2.05, 4.69) is 39.5 Å². The van der Waals surface area contributed by atoms with E-state index in [1.54, 1.807) is 0 Å². The molecule has 0 saturated carbocycles. The van der Waals surface area contributed by atoms with Crippen molar-refractivity contribution in [2.45, 2.75) is 45.1 Å². The monoisotopic (exact) mass is 489 g/mol. The lowest BCUT2D eigenvalue weighted by molar-refractivity contribution is -0.0817. The van der Waals surface area contributed by atoms with E-state index < -0.39 is 0 Å². The minimum Gasteiger partial charge on any atom is -0.377 e. The highest BCUT2D eigenvalue weighted by atomic mass is 127. The van der Waals surface area contributed by atoms with Gasteiger partial charge in [-0.15, -0.1) is 24.0 Å². The Bertz CT molecular complexity index is 576. The maximum Gasteiger partial charge on any atom is 0.194 e. The zero-order valence-corrected chi connectivity index (χ0v) is 18.7. The van der Waals surface area contributed by atoms with Crippen LogP contribution in [0.5, 0.6) is 0 Å². The Morgan fingerprint density at radius 3 is 2.59 bits per heavy atom. The van der Waals surface area contributed by atoms with Gasteiger partial charge in [-0.05, 0) is 30.9 Å². The van der Waals surface area contributed by atoms with Crippen molar-refractivity contribution in [3.63, 3.8) is 0 Å². The summed E-state index contributed by atoms with van der Waals surface area (Å²) >= 11 is 0. The summed E-state index contributed by atoms with van der Waals surface area (Å²) in [5, 5.41) is 3.48. The zero-order chi connectivity index (χ0) is 18.2. The van der Waals surface area contributed by atoms with Crippen LogP contribution >= 0.6 is 24.0 Å². The predicted molar refractivity (Wildman–Crippen MR) is 118 cm³/mol. The number of ether oxygens (including phenoxy) is 3. The molecule has 27 heavy (non-hydrogen) atoms. The summed E-state index contributed by atoms with van der Waals surface area (Å²) in [6.07, 6.45) is 2.60. The molecule has 2 aliphatic heterocycles. The second-order valence-electron chi connectivity index (χ2n) is 6.76. The molecule has 1 N–H and O–H groups in total. The topological polar surface area (TPSA) is 55.3 Å². The second-order valence-corrected chi connectivity index (χ2v) is 6.76. The van der Waals surface area contributed by atoms with Crippen LogP contribution < -0.4 is 5.32 Å². The van der Waals surface area contributed by atoms with Crippen molar-refractivity contribution < 1.29 is 14.2 Å². The number of halogens is 1. The number of rotatable bonds is 6. The molecule has 3 rings (SSSR count). The molecule has 0 bridgehead atoms. The van der Waals surface area contributed by atoms with Crippen LogP contribution in [-0.2, 0) is 27.4 Å². The molecule has 152 valence electrons. The third-order valence-corrected chi connectivity index (χ3v) is 4.93. The normalized spacial score (nSPS) is 23.2. The molecule has 1 aromatic carbocycles. The fourth-order valence-corrected chi connectivity index (χ4v) is 3.48. The molecular formula is C20H32IN3O3. The molecule has 7 heteroatoms. The molecule has 0 aromatic heterocycles. The first kappa shape index (κ1) is 22.4. The number of benzene rings is 1. The minimum absolute atomic E-state index is 0. The summed E-state index contributed by atoms with van der Waals surface area (Å²) in [4.78, 5) is 6.74. The lowest BCUT2D eigenvalue weighted by atomic mass is 10.1. The Balaban J connectivity index is 0.00000261. The maximum absolute atomic E-state index is 5.93. The first-order valence-corrected chi connectivity index (χ1v) is 9.64. The van der Waals surface area contributed by atoms with E-state index in [0.717, 1.165) is 58.3 Å². The van der Waals surface area contributed by atoms with Gasteiger partial charge in [0.05, 0.1) is 19.3 Å². The van der Waals surface area contributed by atoms with E-state index in [-0.39, 0.29) is 36.2 Å². The van der Waals surface area contributed by atoms with Gasteiger partial charge in [0.15, 0.2) is 5.96 Å².